The van der Waals surface area contributed by atoms with E-state index < -0.39 is 16.1 Å². The van der Waals surface area contributed by atoms with Crippen molar-refractivity contribution in [1.82, 2.24) is 29.4 Å². The van der Waals surface area contributed by atoms with Gasteiger partial charge in [0.2, 0.25) is 5.91 Å². The molecule has 2 amide bonds. The molecule has 0 spiro atoms. The number of benzene rings is 1. The fourth-order valence-electron chi connectivity index (χ4n) is 5.68. The lowest BCUT2D eigenvalue weighted by Crippen LogP contribution is -2.57. The van der Waals surface area contributed by atoms with E-state index >= 15 is 0 Å². The predicted molar refractivity (Wildman–Crippen MR) is 144 cm³/mol. The molecule has 39 heavy (non-hydrogen) atoms. The van der Waals surface area contributed by atoms with Gasteiger partial charge in [-0.1, -0.05) is 11.6 Å². The lowest BCUT2D eigenvalue weighted by atomic mass is 10.1. The molecule has 208 valence electrons. The third kappa shape index (κ3) is 5.06. The maximum atomic E-state index is 13.7. The third-order valence-corrected chi connectivity index (χ3v) is 9.88. The number of aromatic nitrogens is 2. The Bertz CT molecular complexity index is 1530. The van der Waals surface area contributed by atoms with Crippen LogP contribution in [0.3, 0.4) is 0 Å². The van der Waals surface area contributed by atoms with E-state index in [4.69, 9.17) is 16.0 Å². The van der Waals surface area contributed by atoms with Crippen molar-refractivity contribution in [3.05, 3.63) is 46.6 Å². The molecule has 2 fully saturated rings. The SMILES string of the molecule is CC1Cc2nc(C(=O)N3CCN(S(=O)(=O)c4cc5cc(Cl)ccc5[nH]4)CC3CCN3CCCC3=O)oc2CN1. The van der Waals surface area contributed by atoms with Gasteiger partial charge in [-0.15, -0.1) is 0 Å². The average Bonchev–Trinajstić information content (AvgIpc) is 3.64. The van der Waals surface area contributed by atoms with E-state index in [2.05, 4.69) is 22.2 Å². The van der Waals surface area contributed by atoms with Crippen molar-refractivity contribution in [2.45, 2.75) is 56.3 Å². The molecule has 2 atom stereocenters. The fourth-order valence-corrected chi connectivity index (χ4v) is 7.35. The highest BCUT2D eigenvalue weighted by atomic mass is 35.5. The molecule has 3 aliphatic rings. The number of nitrogens with zero attached hydrogens (tertiary/aromatic N) is 4. The van der Waals surface area contributed by atoms with Gasteiger partial charge in [0.1, 0.15) is 10.8 Å². The molecule has 0 saturated carbocycles. The molecule has 2 unspecified atom stereocenters. The van der Waals surface area contributed by atoms with Crippen molar-refractivity contribution < 1.29 is 22.4 Å². The number of rotatable bonds is 6. The number of oxazole rings is 1. The first-order valence-corrected chi connectivity index (χ1v) is 15.1. The van der Waals surface area contributed by atoms with E-state index in [1.54, 1.807) is 34.1 Å². The van der Waals surface area contributed by atoms with Gasteiger partial charge >= 0.3 is 5.91 Å². The van der Waals surface area contributed by atoms with Gasteiger partial charge in [-0.05, 0) is 44.0 Å². The Morgan fingerprint density at radius 1 is 1.23 bits per heavy atom. The molecule has 13 heteroatoms. The topological polar surface area (TPSA) is 132 Å². The van der Waals surface area contributed by atoms with Crippen LogP contribution in [-0.4, -0.2) is 89.1 Å². The van der Waals surface area contributed by atoms with Crippen LogP contribution in [0.4, 0.5) is 0 Å². The Labute approximate surface area is 231 Å². The number of likely N-dealkylation sites (tertiary alicyclic amines) is 1. The summed E-state index contributed by atoms with van der Waals surface area (Å²) in [4.78, 5) is 36.8. The molecular formula is C26H31ClN6O5S. The minimum absolute atomic E-state index is 0.0296. The van der Waals surface area contributed by atoms with Crippen LogP contribution in [0.25, 0.3) is 10.9 Å². The highest BCUT2D eigenvalue weighted by molar-refractivity contribution is 7.89. The second-order valence-corrected chi connectivity index (χ2v) is 12.9. The molecule has 0 radical (unpaired) electrons. The molecule has 2 N–H and O–H groups in total. The number of H-pyrrole nitrogens is 1. The number of aromatic amines is 1. The normalized spacial score (nSPS) is 22.6. The Kier molecular flexibility index (Phi) is 6.90. The highest BCUT2D eigenvalue weighted by Gasteiger charge is 2.39. The molecule has 2 saturated heterocycles. The van der Waals surface area contributed by atoms with E-state index in [-0.39, 0.29) is 48.4 Å². The zero-order valence-electron chi connectivity index (χ0n) is 21.7. The monoisotopic (exact) mass is 574 g/mol. The first-order valence-electron chi connectivity index (χ1n) is 13.3. The van der Waals surface area contributed by atoms with Crippen molar-refractivity contribution in [2.75, 3.05) is 32.7 Å². The molecule has 5 heterocycles. The Morgan fingerprint density at radius 2 is 2.08 bits per heavy atom. The van der Waals surface area contributed by atoms with Crippen molar-refractivity contribution in [3.63, 3.8) is 0 Å². The van der Waals surface area contributed by atoms with E-state index in [9.17, 15) is 18.0 Å². The molecule has 1 aromatic carbocycles. The van der Waals surface area contributed by atoms with Crippen LogP contribution < -0.4 is 5.32 Å². The minimum atomic E-state index is -3.87. The number of fused-ring (bicyclic) bond motifs is 2. The third-order valence-electron chi connectivity index (χ3n) is 7.86. The van der Waals surface area contributed by atoms with Gasteiger partial charge in [0.15, 0.2) is 0 Å². The average molecular weight is 575 g/mol. The molecule has 3 aromatic rings. The van der Waals surface area contributed by atoms with Crippen LogP contribution in [0, 0.1) is 0 Å². The molecular weight excluding hydrogens is 544 g/mol. The van der Waals surface area contributed by atoms with E-state index in [1.807, 2.05) is 0 Å². The van der Waals surface area contributed by atoms with Crippen LogP contribution in [0.2, 0.25) is 5.02 Å². The van der Waals surface area contributed by atoms with Gasteiger partial charge in [-0.25, -0.2) is 13.4 Å². The van der Waals surface area contributed by atoms with Gasteiger partial charge in [0, 0.05) is 73.6 Å². The molecule has 0 bridgehead atoms. The van der Waals surface area contributed by atoms with Crippen LogP contribution >= 0.6 is 11.6 Å². The van der Waals surface area contributed by atoms with Crippen LogP contribution in [0.15, 0.2) is 33.7 Å². The summed E-state index contributed by atoms with van der Waals surface area (Å²) in [6.45, 7) is 4.11. The van der Waals surface area contributed by atoms with Crippen molar-refractivity contribution >= 4 is 44.3 Å². The molecule has 11 nitrogen and oxygen atoms in total. The van der Waals surface area contributed by atoms with Gasteiger partial charge in [-0.3, -0.25) is 9.59 Å². The van der Waals surface area contributed by atoms with Gasteiger partial charge in [-0.2, -0.15) is 4.31 Å². The second kappa shape index (κ2) is 10.2. The zero-order valence-corrected chi connectivity index (χ0v) is 23.2. The van der Waals surface area contributed by atoms with Gasteiger partial charge in [0.25, 0.3) is 15.9 Å². The van der Waals surface area contributed by atoms with Gasteiger partial charge in [0.05, 0.1) is 12.2 Å². The first kappa shape index (κ1) is 26.3. The maximum Gasteiger partial charge on any atom is 0.310 e. The number of hydrogen-bond donors (Lipinski definition) is 2. The first-order chi connectivity index (χ1) is 18.7. The fraction of sp³-hybridized carbons (Fsp3) is 0.500. The predicted octanol–water partition coefficient (Wildman–Crippen LogP) is 2.37. The summed E-state index contributed by atoms with van der Waals surface area (Å²) in [5.41, 5.74) is 1.46. The summed E-state index contributed by atoms with van der Waals surface area (Å²) in [5.74, 6) is 0.428. The zero-order chi connectivity index (χ0) is 27.3. The molecule has 2 aromatic heterocycles. The number of hydrogen-bond acceptors (Lipinski definition) is 7. The number of sulfonamides is 1. The second-order valence-electron chi connectivity index (χ2n) is 10.5. The lowest BCUT2D eigenvalue weighted by molar-refractivity contribution is -0.127. The maximum absolute atomic E-state index is 13.7. The van der Waals surface area contributed by atoms with E-state index in [1.165, 1.54) is 4.31 Å². The summed E-state index contributed by atoms with van der Waals surface area (Å²) in [6, 6.07) is 6.53. The highest BCUT2D eigenvalue weighted by Crippen LogP contribution is 2.28. The number of halogens is 1. The molecule has 3 aliphatic heterocycles. The van der Waals surface area contributed by atoms with Crippen LogP contribution in [-0.2, 0) is 27.8 Å². The number of carbonyl (C=O) groups is 2. The summed E-state index contributed by atoms with van der Waals surface area (Å²) in [6.07, 6.45) is 2.46. The summed E-state index contributed by atoms with van der Waals surface area (Å²) < 4.78 is 34.6. The standard InChI is InChI=1S/C26H31ClN6O5S/c1-16-11-21-22(14-28-16)38-25(30-21)26(35)33-10-9-32(15-19(33)6-8-31-7-2-3-24(31)34)39(36,37)23-13-17-12-18(27)4-5-20(17)29-23/h4-5,12-13,16,19,28-29H,2-3,6-11,14-15H2,1H3. The Hall–Kier alpha value is -2.93. The lowest BCUT2D eigenvalue weighted by Gasteiger charge is -2.40. The largest absolute Gasteiger partial charge is 0.436 e. The summed E-state index contributed by atoms with van der Waals surface area (Å²) in [5, 5.41) is 4.61. The van der Waals surface area contributed by atoms with E-state index in [0.29, 0.717) is 60.6 Å². The van der Waals surface area contributed by atoms with E-state index in [0.717, 1.165) is 12.1 Å². The number of piperazine rings is 1. The van der Waals surface area contributed by atoms with Crippen LogP contribution in [0.5, 0.6) is 0 Å². The molecule has 0 aliphatic carbocycles. The Morgan fingerprint density at radius 3 is 2.87 bits per heavy atom. The van der Waals surface area contributed by atoms with Crippen molar-refractivity contribution in [3.8, 4) is 0 Å². The number of nitrogens with one attached hydrogen (secondary N) is 2. The molecule has 6 rings (SSSR count). The quantitative estimate of drug-likeness (QED) is 0.462. The number of amides is 2. The van der Waals surface area contributed by atoms with Crippen LogP contribution in [0.1, 0.15) is 48.3 Å². The summed E-state index contributed by atoms with van der Waals surface area (Å²) >= 11 is 6.09. The smallest absolute Gasteiger partial charge is 0.310 e. The minimum Gasteiger partial charge on any atom is -0.436 e. The van der Waals surface area contributed by atoms with Gasteiger partial charge < -0.3 is 24.5 Å². The number of carbonyl (C=O) groups excluding carboxylic acids is 2. The van der Waals surface area contributed by atoms with Crippen molar-refractivity contribution in [1.29, 1.82) is 0 Å². The van der Waals surface area contributed by atoms with Crippen molar-refractivity contribution in [2.24, 2.45) is 0 Å². The summed E-state index contributed by atoms with van der Waals surface area (Å²) in [7, 11) is -3.87. The Balaban J connectivity index is 1.25.